The molecule has 3 N–H and O–H groups in total. The van der Waals surface area contributed by atoms with Crippen LogP contribution in [0.2, 0.25) is 0 Å². The quantitative estimate of drug-likeness (QED) is 0.520. The summed E-state index contributed by atoms with van der Waals surface area (Å²) in [7, 11) is 0. The summed E-state index contributed by atoms with van der Waals surface area (Å²) in [6, 6.07) is 21.5. The molecule has 4 aromatic rings. The van der Waals surface area contributed by atoms with Gasteiger partial charge in [0.25, 0.3) is 5.91 Å². The predicted molar refractivity (Wildman–Crippen MR) is 114 cm³/mol. The van der Waals surface area contributed by atoms with Gasteiger partial charge in [-0.05, 0) is 41.0 Å². The average Bonchev–Trinajstić information content (AvgIpc) is 3.24. The molecule has 1 atom stereocenters. The number of carbonyl (C=O) groups is 2. The molecule has 1 heterocycles. The zero-order valence-corrected chi connectivity index (χ0v) is 16.4. The van der Waals surface area contributed by atoms with Gasteiger partial charge < -0.3 is 11.1 Å². The number of fused-ring (bicyclic) bond motifs is 1. The number of nitrogens with two attached hydrogens (primary N) is 1. The minimum absolute atomic E-state index is 0.0377. The van der Waals surface area contributed by atoms with E-state index in [0.717, 1.165) is 27.6 Å². The Morgan fingerprint density at radius 1 is 1.03 bits per heavy atom. The van der Waals surface area contributed by atoms with Crippen LogP contribution in [0.25, 0.3) is 16.5 Å². The number of nitrogens with zero attached hydrogens (tertiary/aromatic N) is 3. The van der Waals surface area contributed by atoms with E-state index in [9.17, 15) is 9.59 Å². The van der Waals surface area contributed by atoms with E-state index in [1.54, 1.807) is 0 Å². The van der Waals surface area contributed by atoms with Crippen molar-refractivity contribution in [1.29, 1.82) is 0 Å². The van der Waals surface area contributed by atoms with Crippen LogP contribution in [0, 0.1) is 0 Å². The van der Waals surface area contributed by atoms with E-state index in [-0.39, 0.29) is 17.6 Å². The lowest BCUT2D eigenvalue weighted by molar-refractivity contribution is -0.121. The maximum absolute atomic E-state index is 12.5. The first-order valence-electron chi connectivity index (χ1n) is 9.59. The van der Waals surface area contributed by atoms with Gasteiger partial charge in [-0.1, -0.05) is 59.8 Å². The van der Waals surface area contributed by atoms with Crippen molar-refractivity contribution in [2.75, 3.05) is 0 Å². The summed E-state index contributed by atoms with van der Waals surface area (Å²) >= 11 is 0. The summed E-state index contributed by atoms with van der Waals surface area (Å²) in [4.78, 5) is 23.7. The van der Waals surface area contributed by atoms with Crippen molar-refractivity contribution in [2.24, 2.45) is 5.73 Å². The lowest BCUT2D eigenvalue weighted by Crippen LogP contribution is -2.28. The molecule has 30 heavy (non-hydrogen) atoms. The Labute approximate surface area is 173 Å². The van der Waals surface area contributed by atoms with Crippen molar-refractivity contribution in [3.63, 3.8) is 0 Å². The summed E-state index contributed by atoms with van der Waals surface area (Å²) in [6.07, 6.45) is 1.80. The molecular weight excluding hydrogens is 378 g/mol. The number of carbonyl (C=O) groups excluding carboxylic acids is 2. The van der Waals surface area contributed by atoms with Gasteiger partial charge in [-0.15, -0.1) is 5.10 Å². The highest BCUT2D eigenvalue weighted by Gasteiger charge is 2.12. The molecule has 7 heteroatoms. The van der Waals surface area contributed by atoms with Crippen molar-refractivity contribution in [3.8, 4) is 5.69 Å². The first-order chi connectivity index (χ1) is 14.5. The molecule has 0 aliphatic carbocycles. The SMILES string of the molecule is C[C@H](NC(=O)Cc1ccc2ccccc2c1)c1ccc(-n2cc(C(N)=O)nn2)cc1. The van der Waals surface area contributed by atoms with Gasteiger partial charge >= 0.3 is 0 Å². The van der Waals surface area contributed by atoms with Crippen molar-refractivity contribution in [1.82, 2.24) is 20.3 Å². The molecule has 0 bridgehead atoms. The Kier molecular flexibility index (Phi) is 5.26. The second kappa shape index (κ2) is 8.16. The Balaban J connectivity index is 1.40. The van der Waals surface area contributed by atoms with Crippen LogP contribution in [0.5, 0.6) is 0 Å². The highest BCUT2D eigenvalue weighted by molar-refractivity contribution is 5.90. The summed E-state index contributed by atoms with van der Waals surface area (Å²) in [5.41, 5.74) is 7.99. The molecule has 0 spiro atoms. The van der Waals surface area contributed by atoms with Crippen molar-refractivity contribution < 1.29 is 9.59 Å². The van der Waals surface area contributed by atoms with Crippen LogP contribution in [-0.2, 0) is 11.2 Å². The van der Waals surface area contributed by atoms with Crippen LogP contribution < -0.4 is 11.1 Å². The number of benzene rings is 3. The Morgan fingerprint density at radius 3 is 2.47 bits per heavy atom. The number of rotatable bonds is 6. The van der Waals surface area contributed by atoms with Crippen LogP contribution in [0.3, 0.4) is 0 Å². The largest absolute Gasteiger partial charge is 0.364 e. The van der Waals surface area contributed by atoms with Crippen LogP contribution in [0.4, 0.5) is 0 Å². The minimum Gasteiger partial charge on any atom is -0.364 e. The standard InChI is InChI=1S/C23H21N5O2/c1-15(17-8-10-20(11-9-17)28-14-21(23(24)30)26-27-28)25-22(29)13-16-6-7-18-4-2-3-5-19(18)12-16/h2-12,14-15H,13H2,1H3,(H2,24,30)(H,25,29)/t15-/m0/s1. The van der Waals surface area contributed by atoms with Gasteiger partial charge in [0.1, 0.15) is 0 Å². The van der Waals surface area contributed by atoms with Gasteiger partial charge in [0.15, 0.2) is 5.69 Å². The predicted octanol–water partition coefficient (Wildman–Crippen LogP) is 2.94. The van der Waals surface area contributed by atoms with Crippen LogP contribution >= 0.6 is 0 Å². The second-order valence-electron chi connectivity index (χ2n) is 7.15. The topological polar surface area (TPSA) is 103 Å². The number of primary amides is 1. The zero-order chi connectivity index (χ0) is 21.1. The molecule has 7 nitrogen and oxygen atoms in total. The monoisotopic (exact) mass is 399 g/mol. The number of aromatic nitrogens is 3. The average molecular weight is 399 g/mol. The molecule has 0 unspecified atom stereocenters. The van der Waals surface area contributed by atoms with Crippen molar-refractivity contribution in [2.45, 2.75) is 19.4 Å². The summed E-state index contributed by atoms with van der Waals surface area (Å²) in [6.45, 7) is 1.94. The van der Waals surface area contributed by atoms with E-state index in [1.165, 1.54) is 10.9 Å². The molecule has 0 fully saturated rings. The van der Waals surface area contributed by atoms with Gasteiger partial charge in [0, 0.05) is 0 Å². The first-order valence-corrected chi connectivity index (χ1v) is 9.59. The number of nitrogens with one attached hydrogen (secondary N) is 1. The molecule has 1 aromatic heterocycles. The number of hydrogen-bond acceptors (Lipinski definition) is 4. The molecule has 150 valence electrons. The van der Waals surface area contributed by atoms with Gasteiger partial charge in [0.2, 0.25) is 5.91 Å². The lowest BCUT2D eigenvalue weighted by atomic mass is 10.0. The molecule has 0 radical (unpaired) electrons. The maximum Gasteiger partial charge on any atom is 0.270 e. The van der Waals surface area contributed by atoms with Gasteiger partial charge in [-0.2, -0.15) is 0 Å². The Morgan fingerprint density at radius 2 is 1.77 bits per heavy atom. The van der Waals surface area contributed by atoms with Crippen molar-refractivity contribution in [3.05, 3.63) is 89.7 Å². The lowest BCUT2D eigenvalue weighted by Gasteiger charge is -2.15. The van der Waals surface area contributed by atoms with Crippen LogP contribution in [0.1, 0.15) is 34.6 Å². The molecule has 4 rings (SSSR count). The fourth-order valence-corrected chi connectivity index (χ4v) is 3.33. The van der Waals surface area contributed by atoms with Gasteiger partial charge in [-0.3, -0.25) is 9.59 Å². The third-order valence-electron chi connectivity index (χ3n) is 4.96. The zero-order valence-electron chi connectivity index (χ0n) is 16.4. The summed E-state index contributed by atoms with van der Waals surface area (Å²) in [5, 5.41) is 12.9. The third-order valence-corrected chi connectivity index (χ3v) is 4.96. The molecule has 3 aromatic carbocycles. The summed E-state index contributed by atoms with van der Waals surface area (Å²) in [5.74, 6) is -0.662. The smallest absolute Gasteiger partial charge is 0.270 e. The number of amides is 2. The summed E-state index contributed by atoms with van der Waals surface area (Å²) < 4.78 is 1.48. The van der Waals surface area contributed by atoms with E-state index >= 15 is 0 Å². The maximum atomic E-state index is 12.5. The van der Waals surface area contributed by atoms with E-state index in [1.807, 2.05) is 67.6 Å². The van der Waals surface area contributed by atoms with Crippen molar-refractivity contribution >= 4 is 22.6 Å². The minimum atomic E-state index is -0.624. The Hall–Kier alpha value is -4.00. The normalized spacial score (nSPS) is 11.9. The Bertz CT molecular complexity index is 1210. The van der Waals surface area contributed by atoms with Crippen LogP contribution in [0.15, 0.2) is 72.9 Å². The van der Waals surface area contributed by atoms with Crippen LogP contribution in [-0.4, -0.2) is 26.8 Å². The molecule has 0 saturated carbocycles. The fraction of sp³-hybridized carbons (Fsp3) is 0.130. The van der Waals surface area contributed by atoms with Gasteiger partial charge in [-0.25, -0.2) is 4.68 Å². The second-order valence-corrected chi connectivity index (χ2v) is 7.15. The molecular formula is C23H21N5O2. The molecule has 2 amide bonds. The number of hydrogen-bond donors (Lipinski definition) is 2. The highest BCUT2D eigenvalue weighted by Crippen LogP contribution is 2.18. The first kappa shape index (κ1) is 19.3. The third kappa shape index (κ3) is 4.20. The van der Waals surface area contributed by atoms with E-state index in [4.69, 9.17) is 5.73 Å². The highest BCUT2D eigenvalue weighted by atomic mass is 16.2. The molecule has 0 aliphatic rings. The van der Waals surface area contributed by atoms with E-state index in [0.29, 0.717) is 6.42 Å². The molecule has 0 aliphatic heterocycles. The fourth-order valence-electron chi connectivity index (χ4n) is 3.33. The molecule has 0 saturated heterocycles. The van der Waals surface area contributed by atoms with E-state index in [2.05, 4.69) is 21.7 Å². The van der Waals surface area contributed by atoms with Gasteiger partial charge in [0.05, 0.1) is 24.3 Å². The van der Waals surface area contributed by atoms with E-state index < -0.39 is 5.91 Å².